The normalized spacial score (nSPS) is 16.7. The number of nitrogens with zero attached hydrogens (tertiary/aromatic N) is 1. The minimum absolute atomic E-state index is 0.0801. The number of benzene rings is 1. The Hall–Kier alpha value is -1.44. The molecule has 0 unspecified atom stereocenters. The van der Waals surface area contributed by atoms with E-state index in [9.17, 15) is 13.2 Å². The Balaban J connectivity index is 2.23. The molecule has 2 rings (SSSR count). The molecule has 1 aliphatic heterocycles. The van der Waals surface area contributed by atoms with Gasteiger partial charge in [-0.2, -0.15) is 0 Å². The van der Waals surface area contributed by atoms with Crippen molar-refractivity contribution in [1.82, 2.24) is 9.62 Å². The van der Waals surface area contributed by atoms with Crippen LogP contribution in [0.2, 0.25) is 0 Å². The standard InChI is InChI=1S/C15H22N2O4S/c1-11-4-5-12(10-14(11)22(19,20)17(2)3)15(18)16-13-6-8-21-9-7-13/h4-5,10,13H,6-9H2,1-3H3,(H,16,18). The minimum atomic E-state index is -3.56. The summed E-state index contributed by atoms with van der Waals surface area (Å²) in [5.74, 6) is -0.248. The molecule has 22 heavy (non-hydrogen) atoms. The second-order valence-electron chi connectivity index (χ2n) is 5.63. The third kappa shape index (κ3) is 3.66. The van der Waals surface area contributed by atoms with Crippen LogP contribution in [0, 0.1) is 6.92 Å². The Labute approximate surface area is 131 Å². The van der Waals surface area contributed by atoms with Gasteiger partial charge in [-0.05, 0) is 37.5 Å². The van der Waals surface area contributed by atoms with E-state index in [2.05, 4.69) is 5.32 Å². The molecule has 0 bridgehead atoms. The first kappa shape index (κ1) is 16.9. The van der Waals surface area contributed by atoms with Gasteiger partial charge in [0.1, 0.15) is 0 Å². The molecule has 0 atom stereocenters. The lowest BCUT2D eigenvalue weighted by Crippen LogP contribution is -2.39. The van der Waals surface area contributed by atoms with Gasteiger partial charge in [0.2, 0.25) is 10.0 Å². The number of carbonyl (C=O) groups is 1. The molecule has 7 heteroatoms. The van der Waals surface area contributed by atoms with Crippen LogP contribution >= 0.6 is 0 Å². The topological polar surface area (TPSA) is 75.7 Å². The molecular formula is C15H22N2O4S. The summed E-state index contributed by atoms with van der Waals surface area (Å²) in [6, 6.07) is 4.84. The fourth-order valence-electron chi connectivity index (χ4n) is 2.33. The maximum Gasteiger partial charge on any atom is 0.251 e. The number of hydrogen-bond donors (Lipinski definition) is 1. The zero-order valence-electron chi connectivity index (χ0n) is 13.1. The van der Waals surface area contributed by atoms with Crippen molar-refractivity contribution in [3.8, 4) is 0 Å². The van der Waals surface area contributed by atoms with Gasteiger partial charge in [0.15, 0.2) is 0 Å². The smallest absolute Gasteiger partial charge is 0.251 e. The van der Waals surface area contributed by atoms with Gasteiger partial charge in [0, 0.05) is 38.9 Å². The molecule has 6 nitrogen and oxygen atoms in total. The van der Waals surface area contributed by atoms with Crippen molar-refractivity contribution in [1.29, 1.82) is 0 Å². The maximum absolute atomic E-state index is 12.3. The molecule has 122 valence electrons. The molecule has 1 heterocycles. The second kappa shape index (κ2) is 6.76. The largest absolute Gasteiger partial charge is 0.381 e. The zero-order chi connectivity index (χ0) is 16.3. The molecule has 1 aromatic rings. The van der Waals surface area contributed by atoms with Gasteiger partial charge < -0.3 is 10.1 Å². The van der Waals surface area contributed by atoms with E-state index in [-0.39, 0.29) is 16.8 Å². The molecule has 0 radical (unpaired) electrons. The Morgan fingerprint density at radius 3 is 2.50 bits per heavy atom. The summed E-state index contributed by atoms with van der Waals surface area (Å²) < 4.78 is 31.0. The fraction of sp³-hybridized carbons (Fsp3) is 0.533. The molecular weight excluding hydrogens is 304 g/mol. The van der Waals surface area contributed by atoms with Gasteiger partial charge in [-0.15, -0.1) is 0 Å². The van der Waals surface area contributed by atoms with Gasteiger partial charge in [-0.3, -0.25) is 4.79 Å². The van der Waals surface area contributed by atoms with Crippen LogP contribution in [-0.4, -0.2) is 52.0 Å². The monoisotopic (exact) mass is 326 g/mol. The molecule has 1 aliphatic rings. The summed E-state index contributed by atoms with van der Waals surface area (Å²) in [5, 5.41) is 2.94. The third-order valence-corrected chi connectivity index (χ3v) is 5.72. The molecule has 1 saturated heterocycles. The first-order chi connectivity index (χ1) is 10.3. The van der Waals surface area contributed by atoms with Gasteiger partial charge >= 0.3 is 0 Å². The van der Waals surface area contributed by atoms with E-state index in [1.807, 2.05) is 0 Å². The number of hydrogen-bond acceptors (Lipinski definition) is 4. The van der Waals surface area contributed by atoms with Crippen LogP contribution < -0.4 is 5.32 Å². The molecule has 0 saturated carbocycles. The summed E-state index contributed by atoms with van der Waals surface area (Å²) in [6.45, 7) is 2.99. The van der Waals surface area contributed by atoms with Crippen molar-refractivity contribution >= 4 is 15.9 Å². The van der Waals surface area contributed by atoms with E-state index in [0.717, 1.165) is 17.1 Å². The van der Waals surface area contributed by atoms with E-state index in [4.69, 9.17) is 4.74 Å². The summed E-state index contributed by atoms with van der Waals surface area (Å²) in [4.78, 5) is 12.5. The van der Waals surface area contributed by atoms with E-state index in [1.165, 1.54) is 20.2 Å². The highest BCUT2D eigenvalue weighted by molar-refractivity contribution is 7.89. The number of aryl methyl sites for hydroxylation is 1. The SMILES string of the molecule is Cc1ccc(C(=O)NC2CCOCC2)cc1S(=O)(=O)N(C)C. The molecule has 0 aliphatic carbocycles. The Bertz CT molecular complexity index is 650. The zero-order valence-corrected chi connectivity index (χ0v) is 13.9. The molecule has 0 spiro atoms. The van der Waals surface area contributed by atoms with E-state index < -0.39 is 10.0 Å². The van der Waals surface area contributed by atoms with Crippen LogP contribution in [0.4, 0.5) is 0 Å². The van der Waals surface area contributed by atoms with Crippen LogP contribution in [0.3, 0.4) is 0 Å². The summed E-state index contributed by atoms with van der Waals surface area (Å²) in [7, 11) is -0.612. The van der Waals surface area contributed by atoms with Crippen molar-refractivity contribution in [3.63, 3.8) is 0 Å². The first-order valence-electron chi connectivity index (χ1n) is 7.24. The van der Waals surface area contributed by atoms with Gasteiger partial charge in [-0.25, -0.2) is 12.7 Å². The number of nitrogens with one attached hydrogen (secondary N) is 1. The maximum atomic E-state index is 12.3. The van der Waals surface area contributed by atoms with Crippen molar-refractivity contribution < 1.29 is 17.9 Å². The third-order valence-electron chi connectivity index (χ3n) is 3.77. The van der Waals surface area contributed by atoms with Gasteiger partial charge in [-0.1, -0.05) is 6.07 Å². The van der Waals surface area contributed by atoms with Crippen LogP contribution in [0.1, 0.15) is 28.8 Å². The van der Waals surface area contributed by atoms with Crippen LogP contribution in [-0.2, 0) is 14.8 Å². The highest BCUT2D eigenvalue weighted by Crippen LogP contribution is 2.20. The average molecular weight is 326 g/mol. The number of ether oxygens (including phenoxy) is 1. The Kier molecular flexibility index (Phi) is 5.20. The quantitative estimate of drug-likeness (QED) is 0.901. The molecule has 1 fully saturated rings. The molecule has 1 aromatic carbocycles. The fourth-order valence-corrected chi connectivity index (χ4v) is 3.47. The number of sulfonamides is 1. The molecule has 1 amide bonds. The highest BCUT2D eigenvalue weighted by atomic mass is 32.2. The Morgan fingerprint density at radius 2 is 1.91 bits per heavy atom. The predicted molar refractivity (Wildman–Crippen MR) is 83.4 cm³/mol. The van der Waals surface area contributed by atoms with Crippen molar-refractivity contribution in [2.75, 3.05) is 27.3 Å². The van der Waals surface area contributed by atoms with Gasteiger partial charge in [0.05, 0.1) is 4.90 Å². The lowest BCUT2D eigenvalue weighted by molar-refractivity contribution is 0.0696. The van der Waals surface area contributed by atoms with Gasteiger partial charge in [0.25, 0.3) is 5.91 Å². The minimum Gasteiger partial charge on any atom is -0.381 e. The van der Waals surface area contributed by atoms with Crippen LogP contribution in [0.25, 0.3) is 0 Å². The predicted octanol–water partition coefficient (Wildman–Crippen LogP) is 1.15. The van der Waals surface area contributed by atoms with Crippen LogP contribution in [0.15, 0.2) is 23.1 Å². The van der Waals surface area contributed by atoms with Crippen molar-refractivity contribution in [3.05, 3.63) is 29.3 Å². The highest BCUT2D eigenvalue weighted by Gasteiger charge is 2.22. The van der Waals surface area contributed by atoms with Crippen molar-refractivity contribution in [2.24, 2.45) is 0 Å². The van der Waals surface area contributed by atoms with Crippen LogP contribution in [0.5, 0.6) is 0 Å². The Morgan fingerprint density at radius 1 is 1.27 bits per heavy atom. The number of rotatable bonds is 4. The lowest BCUT2D eigenvalue weighted by Gasteiger charge is -2.23. The van der Waals surface area contributed by atoms with Crippen molar-refractivity contribution in [2.45, 2.75) is 30.7 Å². The summed E-state index contributed by atoms with van der Waals surface area (Å²) >= 11 is 0. The molecule has 1 N–H and O–H groups in total. The van der Waals surface area contributed by atoms with E-state index in [1.54, 1.807) is 19.1 Å². The van der Waals surface area contributed by atoms with E-state index in [0.29, 0.717) is 24.3 Å². The second-order valence-corrected chi connectivity index (χ2v) is 7.75. The average Bonchev–Trinajstić information content (AvgIpc) is 2.48. The number of carbonyl (C=O) groups excluding carboxylic acids is 1. The first-order valence-corrected chi connectivity index (χ1v) is 8.68. The van der Waals surface area contributed by atoms with E-state index >= 15 is 0 Å². The number of amides is 1. The lowest BCUT2D eigenvalue weighted by atomic mass is 10.1. The summed E-state index contributed by atoms with van der Waals surface area (Å²) in [5.41, 5.74) is 0.980. The summed E-state index contributed by atoms with van der Waals surface area (Å²) in [6.07, 6.45) is 1.56. The molecule has 0 aromatic heterocycles.